The largest absolute Gasteiger partial charge is 0.337 e. The molecule has 0 atom stereocenters. The minimum Gasteiger partial charge on any atom is -0.337 e. The van der Waals surface area contributed by atoms with Gasteiger partial charge in [0.2, 0.25) is 11.8 Å². The Bertz CT molecular complexity index is 1180. The van der Waals surface area contributed by atoms with E-state index in [4.69, 9.17) is 4.52 Å². The molecule has 0 bridgehead atoms. The maximum atomic E-state index is 13.9. The number of aromatic nitrogens is 3. The van der Waals surface area contributed by atoms with Gasteiger partial charge in [0, 0.05) is 11.8 Å². The summed E-state index contributed by atoms with van der Waals surface area (Å²) in [7, 11) is 0. The summed E-state index contributed by atoms with van der Waals surface area (Å²) in [6, 6.07) is 13.9. The summed E-state index contributed by atoms with van der Waals surface area (Å²) < 4.78 is 19.4. The van der Waals surface area contributed by atoms with Gasteiger partial charge in [0.1, 0.15) is 17.8 Å². The minimum atomic E-state index is -0.433. The van der Waals surface area contributed by atoms with Crippen LogP contribution in [0, 0.1) is 19.7 Å². The van der Waals surface area contributed by atoms with E-state index in [9.17, 15) is 9.18 Å². The third-order valence-corrected chi connectivity index (χ3v) is 4.59. The van der Waals surface area contributed by atoms with Gasteiger partial charge in [-0.25, -0.2) is 14.4 Å². The molecule has 6 nitrogen and oxygen atoms in total. The first kappa shape index (κ1) is 19.4. The highest BCUT2D eigenvalue weighted by atomic mass is 19.1. The lowest BCUT2D eigenvalue weighted by atomic mass is 10.0. The first-order chi connectivity index (χ1) is 14.5. The van der Waals surface area contributed by atoms with Crippen molar-refractivity contribution in [2.24, 2.45) is 0 Å². The van der Waals surface area contributed by atoms with E-state index in [0.717, 1.165) is 16.7 Å². The van der Waals surface area contributed by atoms with Crippen molar-refractivity contribution in [2.75, 3.05) is 5.32 Å². The molecule has 30 heavy (non-hydrogen) atoms. The fourth-order valence-corrected chi connectivity index (χ4v) is 3.35. The lowest BCUT2D eigenvalue weighted by molar-refractivity contribution is -0.115. The summed E-state index contributed by atoms with van der Waals surface area (Å²) in [5.41, 5.74) is 4.96. The van der Waals surface area contributed by atoms with E-state index >= 15 is 0 Å². The molecule has 4 aromatic rings. The summed E-state index contributed by atoms with van der Waals surface area (Å²) in [4.78, 5) is 20.8. The van der Waals surface area contributed by atoms with Crippen LogP contribution < -0.4 is 5.32 Å². The van der Waals surface area contributed by atoms with Crippen molar-refractivity contribution in [3.8, 4) is 22.5 Å². The fraction of sp³-hybridized carbons (Fsp3) is 0.130. The topological polar surface area (TPSA) is 80.9 Å². The monoisotopic (exact) mass is 402 g/mol. The molecule has 0 saturated heterocycles. The number of aryl methyl sites for hydroxylation is 2. The zero-order chi connectivity index (χ0) is 21.1. The van der Waals surface area contributed by atoms with Gasteiger partial charge in [0.25, 0.3) is 0 Å². The number of rotatable bonds is 5. The quantitative estimate of drug-likeness (QED) is 0.522. The van der Waals surface area contributed by atoms with Gasteiger partial charge in [-0.2, -0.15) is 0 Å². The smallest absolute Gasteiger partial charge is 0.241 e. The molecule has 1 amide bonds. The first-order valence-electron chi connectivity index (χ1n) is 9.39. The van der Waals surface area contributed by atoms with Gasteiger partial charge in [0.05, 0.1) is 17.7 Å². The zero-order valence-electron chi connectivity index (χ0n) is 16.5. The molecular weight excluding hydrogens is 383 g/mol. The van der Waals surface area contributed by atoms with Crippen LogP contribution in [0.5, 0.6) is 0 Å². The van der Waals surface area contributed by atoms with Gasteiger partial charge >= 0.3 is 0 Å². The molecule has 0 aliphatic rings. The molecule has 0 spiro atoms. The SMILES string of the molecule is Cc1cc(C)cc(-c2noc(NC(=O)Cc3ccccc3F)c2-c2ccncn2)c1. The van der Waals surface area contributed by atoms with Gasteiger partial charge in [0.15, 0.2) is 0 Å². The summed E-state index contributed by atoms with van der Waals surface area (Å²) >= 11 is 0. The van der Waals surface area contributed by atoms with Crippen molar-refractivity contribution in [3.63, 3.8) is 0 Å². The Morgan fingerprint density at radius 3 is 2.57 bits per heavy atom. The Balaban J connectivity index is 1.72. The van der Waals surface area contributed by atoms with Crippen LogP contribution in [0.1, 0.15) is 16.7 Å². The minimum absolute atomic E-state index is 0.129. The predicted octanol–water partition coefficient (Wildman–Crippen LogP) is 4.74. The van der Waals surface area contributed by atoms with E-state index in [1.165, 1.54) is 12.4 Å². The van der Waals surface area contributed by atoms with Crippen molar-refractivity contribution < 1.29 is 13.7 Å². The number of hydrogen-bond donors (Lipinski definition) is 1. The molecule has 0 fully saturated rings. The maximum absolute atomic E-state index is 13.9. The Hall–Kier alpha value is -3.87. The second-order valence-corrected chi connectivity index (χ2v) is 7.02. The first-order valence-corrected chi connectivity index (χ1v) is 9.39. The molecule has 7 heteroatoms. The van der Waals surface area contributed by atoms with E-state index in [0.29, 0.717) is 22.5 Å². The molecule has 0 unspecified atom stereocenters. The molecule has 0 aliphatic carbocycles. The van der Waals surface area contributed by atoms with Gasteiger partial charge < -0.3 is 4.52 Å². The van der Waals surface area contributed by atoms with Gasteiger partial charge in [-0.05, 0) is 43.7 Å². The standard InChI is InChI=1S/C23H19FN4O2/c1-14-9-15(2)11-17(10-14)22-21(19-7-8-25-13-26-19)23(30-28-22)27-20(29)12-16-5-3-4-6-18(16)24/h3-11,13H,12H2,1-2H3,(H,27,29). The van der Waals surface area contributed by atoms with Gasteiger partial charge in [-0.3, -0.25) is 10.1 Å². The summed E-state index contributed by atoms with van der Waals surface area (Å²) in [5.74, 6) is -0.695. The highest BCUT2D eigenvalue weighted by Crippen LogP contribution is 2.37. The van der Waals surface area contributed by atoms with Crippen molar-refractivity contribution in [1.29, 1.82) is 0 Å². The van der Waals surface area contributed by atoms with E-state index in [2.05, 4.69) is 26.5 Å². The van der Waals surface area contributed by atoms with Crippen LogP contribution in [-0.4, -0.2) is 21.0 Å². The van der Waals surface area contributed by atoms with Crippen molar-refractivity contribution >= 4 is 11.8 Å². The number of anilines is 1. The Morgan fingerprint density at radius 1 is 1.10 bits per heavy atom. The van der Waals surface area contributed by atoms with Crippen molar-refractivity contribution in [2.45, 2.75) is 20.3 Å². The second kappa shape index (κ2) is 8.24. The number of carbonyl (C=O) groups is 1. The number of nitrogens with one attached hydrogen (secondary N) is 1. The molecule has 4 rings (SSSR count). The maximum Gasteiger partial charge on any atom is 0.241 e. The normalized spacial score (nSPS) is 10.8. The molecule has 150 valence electrons. The summed E-state index contributed by atoms with van der Waals surface area (Å²) in [6.07, 6.45) is 2.89. The van der Waals surface area contributed by atoms with Crippen molar-refractivity contribution in [3.05, 3.63) is 83.6 Å². The van der Waals surface area contributed by atoms with Crippen molar-refractivity contribution in [1.82, 2.24) is 15.1 Å². The Labute approximate surface area is 172 Å². The molecule has 2 aromatic carbocycles. The van der Waals surface area contributed by atoms with Crippen LogP contribution >= 0.6 is 0 Å². The Morgan fingerprint density at radius 2 is 1.87 bits per heavy atom. The van der Waals surface area contributed by atoms with Crippen LogP contribution in [-0.2, 0) is 11.2 Å². The van der Waals surface area contributed by atoms with Gasteiger partial charge in [-0.15, -0.1) is 0 Å². The summed E-state index contributed by atoms with van der Waals surface area (Å²) in [6.45, 7) is 4.00. The third kappa shape index (κ3) is 4.10. The highest BCUT2D eigenvalue weighted by Gasteiger charge is 2.23. The third-order valence-electron chi connectivity index (χ3n) is 4.59. The van der Waals surface area contributed by atoms with E-state index in [1.54, 1.807) is 30.5 Å². The molecule has 0 radical (unpaired) electrons. The molecular formula is C23H19FN4O2. The number of carbonyl (C=O) groups excluding carboxylic acids is 1. The van der Waals surface area contributed by atoms with Crippen LogP contribution in [0.3, 0.4) is 0 Å². The number of benzene rings is 2. The number of amides is 1. The van der Waals surface area contributed by atoms with Crippen LogP contribution in [0.15, 0.2) is 65.6 Å². The number of hydrogen-bond acceptors (Lipinski definition) is 5. The average molecular weight is 402 g/mol. The molecule has 1 N–H and O–H groups in total. The zero-order valence-corrected chi connectivity index (χ0v) is 16.5. The van der Waals surface area contributed by atoms with E-state index in [-0.39, 0.29) is 12.3 Å². The van der Waals surface area contributed by atoms with Crippen LogP contribution in [0.25, 0.3) is 22.5 Å². The van der Waals surface area contributed by atoms with Crippen LogP contribution in [0.2, 0.25) is 0 Å². The number of halogens is 1. The second-order valence-electron chi connectivity index (χ2n) is 7.02. The van der Waals surface area contributed by atoms with Gasteiger partial charge in [-0.1, -0.05) is 40.5 Å². The summed E-state index contributed by atoms with van der Waals surface area (Å²) in [5, 5.41) is 6.91. The molecule has 2 aromatic heterocycles. The Kier molecular flexibility index (Phi) is 5.34. The number of nitrogens with zero attached hydrogens (tertiary/aromatic N) is 3. The van der Waals surface area contributed by atoms with Crippen LogP contribution in [0.4, 0.5) is 10.3 Å². The van der Waals surface area contributed by atoms with E-state index in [1.807, 2.05) is 26.0 Å². The lowest BCUT2D eigenvalue weighted by Crippen LogP contribution is -2.15. The predicted molar refractivity (Wildman–Crippen MR) is 111 cm³/mol. The average Bonchev–Trinajstić information content (AvgIpc) is 3.13. The highest BCUT2D eigenvalue weighted by molar-refractivity contribution is 5.97. The van der Waals surface area contributed by atoms with E-state index < -0.39 is 11.7 Å². The molecule has 0 saturated carbocycles. The fourth-order valence-electron chi connectivity index (χ4n) is 3.35. The molecule has 0 aliphatic heterocycles. The lowest BCUT2D eigenvalue weighted by Gasteiger charge is -2.07. The molecule has 2 heterocycles.